The first kappa shape index (κ1) is 10.7. The molecule has 2 rings (SSSR count). The second-order valence-electron chi connectivity index (χ2n) is 4.95. The predicted octanol–water partition coefficient (Wildman–Crippen LogP) is 2.00. The van der Waals surface area contributed by atoms with Crippen LogP contribution in [0.1, 0.15) is 25.3 Å². The Morgan fingerprint density at radius 1 is 1.33 bits per heavy atom. The van der Waals surface area contributed by atoms with Crippen molar-refractivity contribution in [1.29, 1.82) is 0 Å². The molecule has 0 radical (unpaired) electrons. The van der Waals surface area contributed by atoms with E-state index in [4.69, 9.17) is 5.73 Å². The van der Waals surface area contributed by atoms with Crippen LogP contribution < -0.4 is 5.73 Å². The van der Waals surface area contributed by atoms with Crippen LogP contribution in [-0.4, -0.2) is 23.5 Å². The largest absolute Gasteiger partial charge is 0.324 e. The van der Waals surface area contributed by atoms with E-state index in [0.717, 1.165) is 19.5 Å². The molecule has 0 unspecified atom stereocenters. The van der Waals surface area contributed by atoms with Gasteiger partial charge in [0.25, 0.3) is 0 Å². The van der Waals surface area contributed by atoms with Gasteiger partial charge in [0.15, 0.2) is 0 Å². The highest BCUT2D eigenvalue weighted by Crippen LogP contribution is 2.19. The highest BCUT2D eigenvalue weighted by atomic mass is 15.2. The Hall–Kier alpha value is -0.860. The molecule has 0 aliphatic carbocycles. The van der Waals surface area contributed by atoms with Crippen molar-refractivity contribution < 1.29 is 0 Å². The molecule has 15 heavy (non-hydrogen) atoms. The lowest BCUT2D eigenvalue weighted by Crippen LogP contribution is -2.51. The van der Waals surface area contributed by atoms with Gasteiger partial charge in [0.05, 0.1) is 0 Å². The third-order valence-corrected chi connectivity index (χ3v) is 3.06. The number of nitrogens with zero attached hydrogens (tertiary/aromatic N) is 1. The molecule has 0 saturated carbocycles. The summed E-state index contributed by atoms with van der Waals surface area (Å²) in [7, 11) is 0. The lowest BCUT2D eigenvalue weighted by molar-refractivity contribution is 0.153. The van der Waals surface area contributed by atoms with Crippen molar-refractivity contribution in [3.8, 4) is 0 Å². The molecule has 1 fully saturated rings. The summed E-state index contributed by atoms with van der Waals surface area (Å²) in [6.07, 6.45) is 2.37. The summed E-state index contributed by atoms with van der Waals surface area (Å²) >= 11 is 0. The van der Waals surface area contributed by atoms with Crippen LogP contribution in [0.25, 0.3) is 0 Å². The van der Waals surface area contributed by atoms with Crippen molar-refractivity contribution >= 4 is 0 Å². The van der Waals surface area contributed by atoms with Gasteiger partial charge in [-0.2, -0.15) is 0 Å². The molecule has 0 spiro atoms. The summed E-state index contributed by atoms with van der Waals surface area (Å²) in [4.78, 5) is 2.46. The second-order valence-corrected chi connectivity index (χ2v) is 4.95. The van der Waals surface area contributed by atoms with Crippen LogP contribution in [0.3, 0.4) is 0 Å². The maximum Gasteiger partial charge on any atom is 0.0255 e. The minimum atomic E-state index is 0.00697. The Kier molecular flexibility index (Phi) is 3.08. The van der Waals surface area contributed by atoms with Gasteiger partial charge < -0.3 is 5.73 Å². The fraction of sp³-hybridized carbons (Fsp3) is 0.538. The average molecular weight is 204 g/mol. The SMILES string of the molecule is C[C@@]1(N)CCCN(Cc2ccccc2)C1. The first-order valence-electron chi connectivity index (χ1n) is 5.71. The normalized spacial score (nSPS) is 27.9. The molecular formula is C13H20N2. The maximum atomic E-state index is 6.18. The van der Waals surface area contributed by atoms with Crippen molar-refractivity contribution in [3.05, 3.63) is 35.9 Å². The Balaban J connectivity index is 1.95. The monoisotopic (exact) mass is 204 g/mol. The highest BCUT2D eigenvalue weighted by Gasteiger charge is 2.26. The molecule has 1 aliphatic heterocycles. The summed E-state index contributed by atoms with van der Waals surface area (Å²) in [5, 5.41) is 0. The van der Waals surface area contributed by atoms with Crippen LogP contribution in [0.5, 0.6) is 0 Å². The molecule has 0 aromatic heterocycles. The molecule has 1 saturated heterocycles. The van der Waals surface area contributed by atoms with Crippen molar-refractivity contribution in [2.24, 2.45) is 5.73 Å². The highest BCUT2D eigenvalue weighted by molar-refractivity contribution is 5.14. The van der Waals surface area contributed by atoms with Gasteiger partial charge in [-0.15, -0.1) is 0 Å². The van der Waals surface area contributed by atoms with Gasteiger partial charge in [-0.25, -0.2) is 0 Å². The minimum absolute atomic E-state index is 0.00697. The zero-order valence-electron chi connectivity index (χ0n) is 9.45. The zero-order chi connectivity index (χ0) is 10.7. The number of hydrogen-bond acceptors (Lipinski definition) is 2. The third kappa shape index (κ3) is 3.05. The van der Waals surface area contributed by atoms with Crippen LogP contribution in [0, 0.1) is 0 Å². The van der Waals surface area contributed by atoms with Gasteiger partial charge in [-0.1, -0.05) is 30.3 Å². The molecule has 2 nitrogen and oxygen atoms in total. The molecule has 2 N–H and O–H groups in total. The van der Waals surface area contributed by atoms with Crippen LogP contribution in [0.15, 0.2) is 30.3 Å². The number of rotatable bonds is 2. The van der Waals surface area contributed by atoms with Gasteiger partial charge in [0.2, 0.25) is 0 Å². The van der Waals surface area contributed by atoms with Gasteiger partial charge >= 0.3 is 0 Å². The number of hydrogen-bond donors (Lipinski definition) is 1. The van der Waals surface area contributed by atoms with Crippen LogP contribution in [0.4, 0.5) is 0 Å². The Labute approximate surface area is 92.1 Å². The van der Waals surface area contributed by atoms with E-state index in [1.54, 1.807) is 0 Å². The number of likely N-dealkylation sites (tertiary alicyclic amines) is 1. The number of benzene rings is 1. The number of piperidine rings is 1. The van der Waals surface area contributed by atoms with E-state index in [0.29, 0.717) is 0 Å². The summed E-state index contributed by atoms with van der Waals surface area (Å²) in [5.41, 5.74) is 7.57. The Morgan fingerprint density at radius 2 is 2.07 bits per heavy atom. The smallest absolute Gasteiger partial charge is 0.0255 e. The molecule has 82 valence electrons. The third-order valence-electron chi connectivity index (χ3n) is 3.06. The standard InChI is InChI=1S/C13H20N2/c1-13(14)8-5-9-15(11-13)10-12-6-3-2-4-7-12/h2-4,6-7H,5,8-11,14H2,1H3/t13-/m1/s1. The summed E-state index contributed by atoms with van der Waals surface area (Å²) in [6, 6.07) is 10.6. The van der Waals surface area contributed by atoms with Crippen LogP contribution in [-0.2, 0) is 6.54 Å². The molecule has 2 heteroatoms. The van der Waals surface area contributed by atoms with Gasteiger partial charge in [0, 0.05) is 18.6 Å². The van der Waals surface area contributed by atoms with Crippen molar-refractivity contribution in [2.75, 3.05) is 13.1 Å². The lowest BCUT2D eigenvalue weighted by atomic mass is 9.92. The van der Waals surface area contributed by atoms with E-state index in [2.05, 4.69) is 42.2 Å². The molecule has 1 aromatic rings. The van der Waals surface area contributed by atoms with Crippen molar-refractivity contribution in [2.45, 2.75) is 31.8 Å². The quantitative estimate of drug-likeness (QED) is 0.798. The fourth-order valence-corrected chi connectivity index (χ4v) is 2.35. The summed E-state index contributed by atoms with van der Waals surface area (Å²) < 4.78 is 0. The van der Waals surface area contributed by atoms with Crippen LogP contribution >= 0.6 is 0 Å². The number of nitrogens with two attached hydrogens (primary N) is 1. The topological polar surface area (TPSA) is 29.3 Å². The van der Waals surface area contributed by atoms with Crippen molar-refractivity contribution in [3.63, 3.8) is 0 Å². The molecule has 1 atom stereocenters. The van der Waals surface area contributed by atoms with Gasteiger partial charge in [0.1, 0.15) is 0 Å². The van der Waals surface area contributed by atoms with E-state index in [1.165, 1.54) is 18.5 Å². The average Bonchev–Trinajstić information content (AvgIpc) is 2.17. The molecule has 0 amide bonds. The first-order valence-corrected chi connectivity index (χ1v) is 5.71. The zero-order valence-corrected chi connectivity index (χ0v) is 9.45. The summed E-state index contributed by atoms with van der Waals surface area (Å²) in [5.74, 6) is 0. The first-order chi connectivity index (χ1) is 7.16. The Bertz CT molecular complexity index is 306. The van der Waals surface area contributed by atoms with Crippen molar-refractivity contribution in [1.82, 2.24) is 4.90 Å². The molecule has 1 aliphatic rings. The van der Waals surface area contributed by atoms with E-state index in [-0.39, 0.29) is 5.54 Å². The van der Waals surface area contributed by atoms with Crippen LogP contribution in [0.2, 0.25) is 0 Å². The predicted molar refractivity (Wildman–Crippen MR) is 63.5 cm³/mol. The van der Waals surface area contributed by atoms with E-state index >= 15 is 0 Å². The van der Waals surface area contributed by atoms with Gasteiger partial charge in [-0.3, -0.25) is 4.90 Å². The lowest BCUT2D eigenvalue weighted by Gasteiger charge is -2.37. The molecule has 1 heterocycles. The maximum absolute atomic E-state index is 6.18. The second kappa shape index (κ2) is 4.33. The van der Waals surface area contributed by atoms with E-state index in [9.17, 15) is 0 Å². The van der Waals surface area contributed by atoms with E-state index in [1.807, 2.05) is 0 Å². The molecular weight excluding hydrogens is 184 g/mol. The fourth-order valence-electron chi connectivity index (χ4n) is 2.35. The Morgan fingerprint density at radius 3 is 2.73 bits per heavy atom. The molecule has 1 aromatic carbocycles. The van der Waals surface area contributed by atoms with E-state index < -0.39 is 0 Å². The summed E-state index contributed by atoms with van der Waals surface area (Å²) in [6.45, 7) is 5.39. The minimum Gasteiger partial charge on any atom is -0.324 e. The molecule has 0 bridgehead atoms. The van der Waals surface area contributed by atoms with Gasteiger partial charge in [-0.05, 0) is 31.9 Å².